The van der Waals surface area contributed by atoms with Crippen LogP contribution in [-0.2, 0) is 11.3 Å². The summed E-state index contributed by atoms with van der Waals surface area (Å²) in [5, 5.41) is 9.38. The molecule has 1 aliphatic rings. The maximum absolute atomic E-state index is 11.6. The molecule has 134 valence electrons. The molecule has 24 heavy (non-hydrogen) atoms. The Morgan fingerprint density at radius 3 is 2.79 bits per heavy atom. The Hall–Kier alpha value is -1.58. The minimum atomic E-state index is -0.359. The predicted molar refractivity (Wildman–Crippen MR) is 105 cm³/mol. The summed E-state index contributed by atoms with van der Waals surface area (Å²) in [5.74, 6) is 1.20. The van der Waals surface area contributed by atoms with Crippen molar-refractivity contribution in [3.63, 3.8) is 0 Å². The molecule has 1 aliphatic carbocycles. The largest absolute Gasteiger partial charge is 0.450 e. The van der Waals surface area contributed by atoms with Crippen molar-refractivity contribution in [3.8, 4) is 0 Å². The molecule has 0 saturated heterocycles. The average Bonchev–Trinajstić information content (AvgIpc) is 3.40. The molecule has 1 heterocycles. The number of alkyl carbamates (subject to hydrolysis) is 1. The fourth-order valence-corrected chi connectivity index (χ4v) is 2.26. The van der Waals surface area contributed by atoms with E-state index in [1.807, 2.05) is 18.2 Å². The quantitative estimate of drug-likeness (QED) is 0.338. The Balaban J connectivity index is 0.00000288. The minimum Gasteiger partial charge on any atom is -0.450 e. The van der Waals surface area contributed by atoms with Crippen LogP contribution in [0.3, 0.4) is 0 Å². The van der Waals surface area contributed by atoms with Gasteiger partial charge in [0.2, 0.25) is 0 Å². The van der Waals surface area contributed by atoms with E-state index in [-0.39, 0.29) is 36.1 Å². The lowest BCUT2D eigenvalue weighted by atomic mass is 10.2. The van der Waals surface area contributed by atoms with Crippen molar-refractivity contribution in [1.29, 1.82) is 0 Å². The van der Waals surface area contributed by atoms with E-state index < -0.39 is 0 Å². The standard InChI is InChI=1S/C16H25N5O2.HI/c1-3-23-16(22)21-14(12-7-8-12)11-20-15(17-2)19-10-13-6-4-5-9-18-13;/h4-6,9,12,14H,3,7-8,10-11H2,1-2H3,(H,21,22)(H2,17,19,20);1H. The molecule has 7 nitrogen and oxygen atoms in total. The summed E-state index contributed by atoms with van der Waals surface area (Å²) in [6.45, 7) is 3.39. The highest BCUT2D eigenvalue weighted by Crippen LogP contribution is 2.32. The first-order valence-corrected chi connectivity index (χ1v) is 8.00. The zero-order valence-corrected chi connectivity index (χ0v) is 16.4. The van der Waals surface area contributed by atoms with Gasteiger partial charge in [0.25, 0.3) is 0 Å². The Bertz CT molecular complexity index is 522. The van der Waals surface area contributed by atoms with Gasteiger partial charge in [0.1, 0.15) is 0 Å². The van der Waals surface area contributed by atoms with Crippen molar-refractivity contribution in [1.82, 2.24) is 20.9 Å². The molecule has 0 aliphatic heterocycles. The van der Waals surface area contributed by atoms with Gasteiger partial charge in [-0.1, -0.05) is 6.07 Å². The number of nitrogens with one attached hydrogen (secondary N) is 3. The van der Waals surface area contributed by atoms with Gasteiger partial charge < -0.3 is 20.7 Å². The molecule has 2 rings (SSSR count). The third-order valence-electron chi connectivity index (χ3n) is 3.65. The number of aromatic nitrogens is 1. The maximum Gasteiger partial charge on any atom is 0.407 e. The summed E-state index contributed by atoms with van der Waals surface area (Å²) in [6, 6.07) is 5.85. The van der Waals surface area contributed by atoms with Gasteiger partial charge in [-0.05, 0) is 37.8 Å². The molecule has 8 heteroatoms. The smallest absolute Gasteiger partial charge is 0.407 e. The van der Waals surface area contributed by atoms with Gasteiger partial charge in [-0.2, -0.15) is 0 Å². The average molecular weight is 447 g/mol. The second-order valence-corrected chi connectivity index (χ2v) is 5.44. The fraction of sp³-hybridized carbons (Fsp3) is 0.562. The van der Waals surface area contributed by atoms with Crippen LogP contribution in [0.15, 0.2) is 29.4 Å². The summed E-state index contributed by atoms with van der Waals surface area (Å²) in [4.78, 5) is 20.0. The molecule has 1 saturated carbocycles. The minimum absolute atomic E-state index is 0. The van der Waals surface area contributed by atoms with Crippen LogP contribution in [0.2, 0.25) is 0 Å². The molecule has 0 radical (unpaired) electrons. The number of ether oxygens (including phenoxy) is 1. The number of rotatable bonds is 7. The summed E-state index contributed by atoms with van der Waals surface area (Å²) >= 11 is 0. The Kier molecular flexibility index (Phi) is 9.43. The van der Waals surface area contributed by atoms with E-state index in [0.29, 0.717) is 31.6 Å². The molecule has 1 amide bonds. The lowest BCUT2D eigenvalue weighted by Crippen LogP contribution is -2.48. The number of amides is 1. The molecule has 0 bridgehead atoms. The molecule has 0 aromatic carbocycles. The van der Waals surface area contributed by atoms with Gasteiger partial charge in [0, 0.05) is 19.8 Å². The van der Waals surface area contributed by atoms with Gasteiger partial charge >= 0.3 is 6.09 Å². The van der Waals surface area contributed by atoms with Crippen molar-refractivity contribution in [2.24, 2.45) is 10.9 Å². The van der Waals surface area contributed by atoms with Crippen molar-refractivity contribution in [2.75, 3.05) is 20.2 Å². The number of nitrogens with zero attached hydrogens (tertiary/aromatic N) is 2. The zero-order valence-electron chi connectivity index (χ0n) is 14.1. The Morgan fingerprint density at radius 1 is 1.42 bits per heavy atom. The first-order valence-electron chi connectivity index (χ1n) is 8.00. The van der Waals surface area contributed by atoms with Crippen LogP contribution in [0.5, 0.6) is 0 Å². The van der Waals surface area contributed by atoms with E-state index in [0.717, 1.165) is 18.5 Å². The number of halogens is 1. The van der Waals surface area contributed by atoms with Crippen LogP contribution in [0.25, 0.3) is 0 Å². The molecule has 1 fully saturated rings. The van der Waals surface area contributed by atoms with Crippen LogP contribution in [0.1, 0.15) is 25.5 Å². The Morgan fingerprint density at radius 2 is 2.21 bits per heavy atom. The van der Waals surface area contributed by atoms with E-state index in [4.69, 9.17) is 4.74 Å². The molecular weight excluding hydrogens is 421 g/mol. The molecule has 1 aromatic heterocycles. The zero-order chi connectivity index (χ0) is 16.5. The monoisotopic (exact) mass is 447 g/mol. The summed E-state index contributed by atoms with van der Waals surface area (Å²) in [7, 11) is 1.72. The molecule has 1 aromatic rings. The van der Waals surface area contributed by atoms with Crippen molar-refractivity contribution < 1.29 is 9.53 Å². The molecule has 0 spiro atoms. The normalized spacial score (nSPS) is 15.0. The highest BCUT2D eigenvalue weighted by molar-refractivity contribution is 14.0. The van der Waals surface area contributed by atoms with Crippen LogP contribution in [0, 0.1) is 5.92 Å². The van der Waals surface area contributed by atoms with E-state index in [2.05, 4.69) is 25.9 Å². The van der Waals surface area contributed by atoms with Crippen LogP contribution in [0.4, 0.5) is 4.79 Å². The fourth-order valence-electron chi connectivity index (χ4n) is 2.26. The van der Waals surface area contributed by atoms with Crippen LogP contribution in [-0.4, -0.2) is 43.3 Å². The molecule has 1 atom stereocenters. The third kappa shape index (κ3) is 7.33. The highest BCUT2D eigenvalue weighted by atomic mass is 127. The first-order chi connectivity index (χ1) is 11.2. The predicted octanol–water partition coefficient (Wildman–Crippen LogP) is 1.89. The second kappa shape index (κ2) is 11.1. The van der Waals surface area contributed by atoms with Gasteiger partial charge in [-0.25, -0.2) is 4.79 Å². The maximum atomic E-state index is 11.6. The van der Waals surface area contributed by atoms with E-state index >= 15 is 0 Å². The van der Waals surface area contributed by atoms with Crippen molar-refractivity contribution in [3.05, 3.63) is 30.1 Å². The van der Waals surface area contributed by atoms with Gasteiger partial charge in [-0.3, -0.25) is 9.98 Å². The van der Waals surface area contributed by atoms with Crippen molar-refractivity contribution >= 4 is 36.0 Å². The van der Waals surface area contributed by atoms with Gasteiger partial charge in [-0.15, -0.1) is 24.0 Å². The van der Waals surface area contributed by atoms with Gasteiger partial charge in [0.05, 0.1) is 24.9 Å². The van der Waals surface area contributed by atoms with E-state index in [1.165, 1.54) is 0 Å². The Labute approximate surface area is 160 Å². The topological polar surface area (TPSA) is 87.6 Å². The van der Waals surface area contributed by atoms with Crippen LogP contribution >= 0.6 is 24.0 Å². The summed E-state index contributed by atoms with van der Waals surface area (Å²) < 4.78 is 4.96. The number of hydrogen-bond acceptors (Lipinski definition) is 4. The molecular formula is C16H26IN5O2. The van der Waals surface area contributed by atoms with E-state index in [1.54, 1.807) is 20.2 Å². The summed E-state index contributed by atoms with van der Waals surface area (Å²) in [5.41, 5.74) is 0.943. The lowest BCUT2D eigenvalue weighted by Gasteiger charge is -2.20. The van der Waals surface area contributed by atoms with E-state index in [9.17, 15) is 4.79 Å². The lowest BCUT2D eigenvalue weighted by molar-refractivity contribution is 0.146. The number of pyridine rings is 1. The second-order valence-electron chi connectivity index (χ2n) is 5.44. The molecule has 3 N–H and O–H groups in total. The summed E-state index contributed by atoms with van der Waals surface area (Å²) in [6.07, 6.45) is 3.68. The highest BCUT2D eigenvalue weighted by Gasteiger charge is 2.32. The number of aliphatic imine (C=N–C) groups is 1. The number of guanidine groups is 1. The number of carbonyl (C=O) groups is 1. The van der Waals surface area contributed by atoms with Crippen molar-refractivity contribution in [2.45, 2.75) is 32.4 Å². The first kappa shape index (κ1) is 20.5. The number of hydrogen-bond donors (Lipinski definition) is 3. The van der Waals surface area contributed by atoms with Gasteiger partial charge in [0.15, 0.2) is 5.96 Å². The number of carbonyl (C=O) groups excluding carboxylic acids is 1. The molecule has 1 unspecified atom stereocenters. The SMILES string of the molecule is CCOC(=O)NC(CNC(=NC)NCc1ccccn1)C1CC1.I. The third-order valence-corrected chi connectivity index (χ3v) is 3.65. The van der Waals surface area contributed by atoms with Crippen LogP contribution < -0.4 is 16.0 Å².